The molecule has 0 bridgehead atoms. The number of amides is 3. The monoisotopic (exact) mass is 199 g/mol. The number of aliphatic imine (C=N–C) groups is 1. The summed E-state index contributed by atoms with van der Waals surface area (Å²) in [6, 6.07) is -1.07. The first-order chi connectivity index (χ1) is 6.51. The zero-order valence-corrected chi connectivity index (χ0v) is 7.35. The molecule has 7 heteroatoms. The quantitative estimate of drug-likeness (QED) is 0.325. The molecule has 0 aromatic heterocycles. The van der Waals surface area contributed by atoms with Crippen LogP contribution >= 0.6 is 0 Å². The van der Waals surface area contributed by atoms with Crippen molar-refractivity contribution in [3.05, 3.63) is 11.8 Å². The Hall–Kier alpha value is -2.18. The number of allylic oxidation sites excluding steroid dienone is 1. The molecule has 0 saturated carbocycles. The molecule has 0 aliphatic carbocycles. The zero-order valence-electron chi connectivity index (χ0n) is 7.35. The van der Waals surface area contributed by atoms with E-state index in [2.05, 4.69) is 4.99 Å². The highest BCUT2D eigenvalue weighted by molar-refractivity contribution is 6.16. The Bertz CT molecular complexity index is 319. The van der Waals surface area contributed by atoms with Crippen LogP contribution in [-0.2, 0) is 4.79 Å². The second-order valence-corrected chi connectivity index (χ2v) is 2.17. The average molecular weight is 199 g/mol. The van der Waals surface area contributed by atoms with E-state index in [9.17, 15) is 14.4 Å². The van der Waals surface area contributed by atoms with Gasteiger partial charge in [-0.25, -0.2) is 14.9 Å². The van der Waals surface area contributed by atoms with Gasteiger partial charge in [0.15, 0.2) is 6.29 Å². The third-order valence-electron chi connectivity index (χ3n) is 1.21. The molecule has 4 N–H and O–H groups in total. The molecular formula is C7H9N3O4. The molecular weight excluding hydrogens is 190 g/mol. The number of rotatable bonds is 2. The molecule has 76 valence electrons. The molecule has 3 amide bonds. The standard InChI is InChI=1S/C7H9N3O4/c1-4(5(2-8)3-11)9-6(12)10-7(13)14/h2-3H,8H2,1H3,(H,10,12)(H,13,14)/b5-2+,9-4+. The summed E-state index contributed by atoms with van der Waals surface area (Å²) in [5.74, 6) is 0. The van der Waals surface area contributed by atoms with Crippen molar-refractivity contribution in [2.75, 3.05) is 0 Å². The van der Waals surface area contributed by atoms with Crippen LogP contribution in [0.2, 0.25) is 0 Å². The van der Waals surface area contributed by atoms with Gasteiger partial charge in [-0.3, -0.25) is 4.79 Å². The summed E-state index contributed by atoms with van der Waals surface area (Å²) in [5.41, 5.74) is 5.10. The number of imide groups is 1. The van der Waals surface area contributed by atoms with E-state index < -0.39 is 12.1 Å². The molecule has 0 aliphatic heterocycles. The Morgan fingerprint density at radius 2 is 2.07 bits per heavy atom. The summed E-state index contributed by atoms with van der Waals surface area (Å²) < 4.78 is 0. The third-order valence-corrected chi connectivity index (χ3v) is 1.21. The van der Waals surface area contributed by atoms with Gasteiger partial charge in [0.2, 0.25) is 0 Å². The van der Waals surface area contributed by atoms with E-state index in [0.29, 0.717) is 6.29 Å². The molecule has 0 atom stereocenters. The van der Waals surface area contributed by atoms with Gasteiger partial charge < -0.3 is 10.8 Å². The van der Waals surface area contributed by atoms with Crippen molar-refractivity contribution >= 4 is 24.1 Å². The number of carbonyl (C=O) groups is 3. The van der Waals surface area contributed by atoms with Gasteiger partial charge in [-0.2, -0.15) is 4.99 Å². The molecule has 14 heavy (non-hydrogen) atoms. The normalized spacial score (nSPS) is 12.1. The lowest BCUT2D eigenvalue weighted by molar-refractivity contribution is -0.104. The molecule has 0 spiro atoms. The van der Waals surface area contributed by atoms with E-state index in [1.165, 1.54) is 12.2 Å². The van der Waals surface area contributed by atoms with Gasteiger partial charge >= 0.3 is 12.1 Å². The van der Waals surface area contributed by atoms with E-state index >= 15 is 0 Å². The van der Waals surface area contributed by atoms with Crippen molar-refractivity contribution in [1.82, 2.24) is 5.32 Å². The van der Waals surface area contributed by atoms with Crippen LogP contribution in [0.15, 0.2) is 16.8 Å². The molecule has 0 radical (unpaired) electrons. The molecule has 0 aliphatic rings. The minimum absolute atomic E-state index is 0.0190. The van der Waals surface area contributed by atoms with E-state index in [1.807, 2.05) is 0 Å². The van der Waals surface area contributed by atoms with Gasteiger partial charge in [0.05, 0.1) is 11.3 Å². The summed E-state index contributed by atoms with van der Waals surface area (Å²) in [6.07, 6.45) is -0.136. The van der Waals surface area contributed by atoms with Crippen LogP contribution in [0.5, 0.6) is 0 Å². The van der Waals surface area contributed by atoms with Gasteiger partial charge in [-0.15, -0.1) is 0 Å². The van der Waals surface area contributed by atoms with Gasteiger partial charge in [0, 0.05) is 6.20 Å². The van der Waals surface area contributed by atoms with Gasteiger partial charge in [-0.1, -0.05) is 0 Å². The number of nitrogens with two attached hydrogens (primary N) is 1. The summed E-state index contributed by atoms with van der Waals surface area (Å²) in [4.78, 5) is 34.3. The van der Waals surface area contributed by atoms with Crippen LogP contribution < -0.4 is 11.1 Å². The fourth-order valence-corrected chi connectivity index (χ4v) is 0.581. The van der Waals surface area contributed by atoms with Crippen LogP contribution in [0.1, 0.15) is 6.92 Å². The smallest absolute Gasteiger partial charge is 0.412 e. The predicted octanol–water partition coefficient (Wildman–Crippen LogP) is -0.124. The molecule has 0 saturated heterocycles. The molecule has 0 heterocycles. The lowest BCUT2D eigenvalue weighted by Gasteiger charge is -1.97. The fourth-order valence-electron chi connectivity index (χ4n) is 0.581. The average Bonchev–Trinajstić information content (AvgIpc) is 2.04. The Kier molecular flexibility index (Phi) is 4.61. The molecule has 0 fully saturated rings. The maximum Gasteiger partial charge on any atom is 0.412 e. The number of nitrogens with one attached hydrogen (secondary N) is 1. The summed E-state index contributed by atoms with van der Waals surface area (Å²) in [7, 11) is 0. The van der Waals surface area contributed by atoms with Crippen molar-refractivity contribution in [2.24, 2.45) is 10.7 Å². The maximum absolute atomic E-state index is 10.7. The maximum atomic E-state index is 10.7. The minimum Gasteiger partial charge on any atom is -0.465 e. The molecule has 0 rings (SSSR count). The highest BCUT2D eigenvalue weighted by atomic mass is 16.4. The van der Waals surface area contributed by atoms with Crippen molar-refractivity contribution in [3.8, 4) is 0 Å². The van der Waals surface area contributed by atoms with Crippen LogP contribution in [-0.4, -0.2) is 29.2 Å². The van der Waals surface area contributed by atoms with E-state index in [4.69, 9.17) is 10.8 Å². The van der Waals surface area contributed by atoms with E-state index in [1.54, 1.807) is 0 Å². The molecule has 0 unspecified atom stereocenters. The number of hydrogen-bond acceptors (Lipinski definition) is 4. The number of aldehydes is 1. The first-order valence-corrected chi connectivity index (χ1v) is 3.48. The Morgan fingerprint density at radius 3 is 2.43 bits per heavy atom. The summed E-state index contributed by atoms with van der Waals surface area (Å²) >= 11 is 0. The first-order valence-electron chi connectivity index (χ1n) is 3.48. The van der Waals surface area contributed by atoms with Crippen LogP contribution in [0.25, 0.3) is 0 Å². The van der Waals surface area contributed by atoms with Gasteiger partial charge in [0.1, 0.15) is 0 Å². The third kappa shape index (κ3) is 4.00. The van der Waals surface area contributed by atoms with Crippen molar-refractivity contribution in [2.45, 2.75) is 6.92 Å². The summed E-state index contributed by atoms with van der Waals surface area (Å²) in [5, 5.41) is 9.62. The molecule has 0 aromatic carbocycles. The van der Waals surface area contributed by atoms with E-state index in [-0.39, 0.29) is 11.3 Å². The topological polar surface area (TPSA) is 122 Å². The SMILES string of the molecule is CC(=N\C(=O)NC(=O)O)/C(C=O)=C/N. The Morgan fingerprint density at radius 1 is 1.50 bits per heavy atom. The van der Waals surface area contributed by atoms with Crippen LogP contribution in [0, 0.1) is 0 Å². The van der Waals surface area contributed by atoms with Gasteiger partial charge in [-0.05, 0) is 6.92 Å². The zero-order chi connectivity index (χ0) is 11.1. The highest BCUT2D eigenvalue weighted by Crippen LogP contribution is 1.92. The lowest BCUT2D eigenvalue weighted by Crippen LogP contribution is -2.26. The predicted molar refractivity (Wildman–Crippen MR) is 48.0 cm³/mol. The molecule has 7 nitrogen and oxygen atoms in total. The number of urea groups is 1. The van der Waals surface area contributed by atoms with E-state index in [0.717, 1.165) is 6.20 Å². The summed E-state index contributed by atoms with van der Waals surface area (Å²) in [6.45, 7) is 1.36. The van der Waals surface area contributed by atoms with Gasteiger partial charge in [0.25, 0.3) is 0 Å². The number of carboxylic acid groups (broad SMARTS) is 1. The van der Waals surface area contributed by atoms with Crippen LogP contribution in [0.4, 0.5) is 9.59 Å². The minimum atomic E-state index is -1.52. The molecule has 0 aromatic rings. The van der Waals surface area contributed by atoms with Crippen LogP contribution in [0.3, 0.4) is 0 Å². The van der Waals surface area contributed by atoms with Crippen molar-refractivity contribution in [3.63, 3.8) is 0 Å². The number of nitrogens with zero attached hydrogens (tertiary/aromatic N) is 1. The second kappa shape index (κ2) is 5.46. The second-order valence-electron chi connectivity index (χ2n) is 2.17. The highest BCUT2D eigenvalue weighted by Gasteiger charge is 2.05. The Balaban J connectivity index is 4.59. The number of carbonyl (C=O) groups excluding carboxylic acids is 2. The Labute approximate surface area is 79.3 Å². The largest absolute Gasteiger partial charge is 0.465 e. The first kappa shape index (κ1) is 11.8. The lowest BCUT2D eigenvalue weighted by atomic mass is 10.2. The van der Waals surface area contributed by atoms with Crippen molar-refractivity contribution in [1.29, 1.82) is 0 Å². The van der Waals surface area contributed by atoms with Crippen molar-refractivity contribution < 1.29 is 19.5 Å². The number of hydrogen-bond donors (Lipinski definition) is 3. The fraction of sp³-hybridized carbons (Fsp3) is 0.143.